The van der Waals surface area contributed by atoms with Crippen LogP contribution in [0.3, 0.4) is 0 Å². The lowest BCUT2D eigenvalue weighted by Gasteiger charge is -2.40. The number of carbonyl (C=O) groups is 1. The van der Waals surface area contributed by atoms with Crippen molar-refractivity contribution in [2.24, 2.45) is 5.41 Å². The zero-order valence-corrected chi connectivity index (χ0v) is 12.0. The van der Waals surface area contributed by atoms with Crippen molar-refractivity contribution in [1.82, 2.24) is 5.32 Å². The van der Waals surface area contributed by atoms with Crippen LogP contribution >= 0.6 is 0 Å². The minimum atomic E-state index is -0.184. The molecule has 3 nitrogen and oxygen atoms in total. The molecule has 0 aromatic heterocycles. The smallest absolute Gasteiger partial charge is 0.231 e. The number of carbonyl (C=O) groups excluding carboxylic acids is 1. The van der Waals surface area contributed by atoms with Crippen molar-refractivity contribution in [2.75, 3.05) is 18.9 Å². The van der Waals surface area contributed by atoms with E-state index < -0.39 is 0 Å². The van der Waals surface area contributed by atoms with Crippen LogP contribution in [0.5, 0.6) is 0 Å². The van der Waals surface area contributed by atoms with E-state index >= 15 is 0 Å². The second-order valence-electron chi connectivity index (χ2n) is 5.57. The molecule has 3 heteroatoms. The van der Waals surface area contributed by atoms with Crippen molar-refractivity contribution in [2.45, 2.75) is 39.0 Å². The van der Waals surface area contributed by atoms with Gasteiger partial charge in [-0.05, 0) is 44.0 Å². The van der Waals surface area contributed by atoms with Gasteiger partial charge in [-0.2, -0.15) is 0 Å². The molecule has 0 saturated heterocycles. The van der Waals surface area contributed by atoms with Gasteiger partial charge in [0.1, 0.15) is 0 Å². The summed E-state index contributed by atoms with van der Waals surface area (Å²) in [6.45, 7) is 2.94. The van der Waals surface area contributed by atoms with Gasteiger partial charge >= 0.3 is 0 Å². The Hall–Kier alpha value is -1.35. The molecule has 2 rings (SSSR count). The molecule has 0 radical (unpaired) electrons. The summed E-state index contributed by atoms with van der Waals surface area (Å²) in [4.78, 5) is 12.4. The molecular formula is C16H24N2O. The highest BCUT2D eigenvalue weighted by molar-refractivity contribution is 5.96. The van der Waals surface area contributed by atoms with E-state index in [4.69, 9.17) is 0 Å². The van der Waals surface area contributed by atoms with Gasteiger partial charge in [-0.15, -0.1) is 0 Å². The van der Waals surface area contributed by atoms with Gasteiger partial charge in [0, 0.05) is 12.2 Å². The molecule has 1 aliphatic carbocycles. The summed E-state index contributed by atoms with van der Waals surface area (Å²) in [6.07, 6.45) is 5.39. The van der Waals surface area contributed by atoms with Crippen LogP contribution in [-0.2, 0) is 11.2 Å². The normalized spacial score (nSPS) is 16.7. The lowest BCUT2D eigenvalue weighted by Crippen LogP contribution is -2.48. The second-order valence-corrected chi connectivity index (χ2v) is 5.57. The van der Waals surface area contributed by atoms with Gasteiger partial charge in [-0.3, -0.25) is 4.79 Å². The molecule has 104 valence electrons. The second kappa shape index (κ2) is 6.20. The number of anilines is 1. The molecule has 2 N–H and O–H groups in total. The van der Waals surface area contributed by atoms with Crippen LogP contribution in [0.2, 0.25) is 0 Å². The summed E-state index contributed by atoms with van der Waals surface area (Å²) < 4.78 is 0. The Balaban J connectivity index is 1.98. The van der Waals surface area contributed by atoms with Crippen molar-refractivity contribution < 1.29 is 4.79 Å². The predicted octanol–water partition coefficient (Wildman–Crippen LogP) is 2.97. The van der Waals surface area contributed by atoms with Gasteiger partial charge in [0.05, 0.1) is 5.41 Å². The highest BCUT2D eigenvalue weighted by Crippen LogP contribution is 2.41. The standard InChI is InChI=1S/C16H24N2O/c1-3-5-13-6-8-14(9-7-13)18-15(19)16(12-17-2)10-4-11-16/h6-9,17H,3-5,10-12H2,1-2H3,(H,18,19). The average molecular weight is 260 g/mol. The number of hydrogen-bond acceptors (Lipinski definition) is 2. The molecule has 0 heterocycles. The maximum atomic E-state index is 12.4. The van der Waals surface area contributed by atoms with Crippen LogP contribution in [0.25, 0.3) is 0 Å². The van der Waals surface area contributed by atoms with Crippen LogP contribution in [0, 0.1) is 5.41 Å². The van der Waals surface area contributed by atoms with Crippen LogP contribution < -0.4 is 10.6 Å². The molecule has 1 fully saturated rings. The van der Waals surface area contributed by atoms with E-state index in [1.807, 2.05) is 19.2 Å². The fraction of sp³-hybridized carbons (Fsp3) is 0.562. The number of hydrogen-bond donors (Lipinski definition) is 2. The van der Waals surface area contributed by atoms with Gasteiger partial charge in [0.2, 0.25) is 5.91 Å². The first-order valence-corrected chi connectivity index (χ1v) is 7.25. The van der Waals surface area contributed by atoms with E-state index in [2.05, 4.69) is 29.7 Å². The van der Waals surface area contributed by atoms with Gasteiger partial charge in [0.15, 0.2) is 0 Å². The Morgan fingerprint density at radius 3 is 2.42 bits per heavy atom. The summed E-state index contributed by atoms with van der Waals surface area (Å²) >= 11 is 0. The third-order valence-electron chi connectivity index (χ3n) is 4.06. The van der Waals surface area contributed by atoms with E-state index in [-0.39, 0.29) is 11.3 Å². The van der Waals surface area contributed by atoms with Crippen LogP contribution in [0.15, 0.2) is 24.3 Å². The summed E-state index contributed by atoms with van der Waals surface area (Å²) in [5.74, 6) is 0.163. The van der Waals surface area contributed by atoms with Crippen LogP contribution in [0.1, 0.15) is 38.2 Å². The largest absolute Gasteiger partial charge is 0.326 e. The number of benzene rings is 1. The molecule has 0 aliphatic heterocycles. The maximum absolute atomic E-state index is 12.4. The van der Waals surface area contributed by atoms with E-state index in [9.17, 15) is 4.79 Å². The minimum absolute atomic E-state index is 0.163. The fourth-order valence-electron chi connectivity index (χ4n) is 2.73. The molecule has 0 spiro atoms. The summed E-state index contributed by atoms with van der Waals surface area (Å²) in [7, 11) is 1.91. The summed E-state index contributed by atoms with van der Waals surface area (Å²) in [5, 5.41) is 6.20. The Labute approximate surface area is 115 Å². The highest BCUT2D eigenvalue weighted by Gasteiger charge is 2.43. The van der Waals surface area contributed by atoms with Crippen molar-refractivity contribution >= 4 is 11.6 Å². The van der Waals surface area contributed by atoms with Crippen LogP contribution in [-0.4, -0.2) is 19.5 Å². The first kappa shape index (κ1) is 14.1. The molecule has 1 aliphatic rings. The van der Waals surface area contributed by atoms with Gasteiger partial charge in [-0.25, -0.2) is 0 Å². The number of aryl methyl sites for hydroxylation is 1. The molecular weight excluding hydrogens is 236 g/mol. The molecule has 1 amide bonds. The zero-order chi connectivity index (χ0) is 13.7. The maximum Gasteiger partial charge on any atom is 0.231 e. The summed E-state index contributed by atoms with van der Waals surface area (Å²) in [6, 6.07) is 8.22. The lowest BCUT2D eigenvalue weighted by atomic mass is 9.68. The topological polar surface area (TPSA) is 41.1 Å². The molecule has 0 unspecified atom stereocenters. The number of amides is 1. The molecule has 1 aromatic rings. The molecule has 0 bridgehead atoms. The van der Waals surface area contributed by atoms with Crippen LogP contribution in [0.4, 0.5) is 5.69 Å². The lowest BCUT2D eigenvalue weighted by molar-refractivity contribution is -0.129. The van der Waals surface area contributed by atoms with Crippen molar-refractivity contribution in [3.8, 4) is 0 Å². The predicted molar refractivity (Wildman–Crippen MR) is 79.3 cm³/mol. The first-order valence-electron chi connectivity index (χ1n) is 7.25. The van der Waals surface area contributed by atoms with E-state index in [1.165, 1.54) is 5.56 Å². The Morgan fingerprint density at radius 1 is 1.26 bits per heavy atom. The quantitative estimate of drug-likeness (QED) is 0.825. The molecule has 19 heavy (non-hydrogen) atoms. The average Bonchev–Trinajstić information content (AvgIpc) is 2.36. The van der Waals surface area contributed by atoms with Crippen molar-refractivity contribution in [1.29, 1.82) is 0 Å². The Bertz CT molecular complexity index is 421. The van der Waals surface area contributed by atoms with Gasteiger partial charge in [-0.1, -0.05) is 31.9 Å². The molecule has 1 saturated carbocycles. The number of rotatable bonds is 6. The van der Waals surface area contributed by atoms with E-state index in [0.717, 1.165) is 44.3 Å². The summed E-state index contributed by atoms with van der Waals surface area (Å²) in [5.41, 5.74) is 2.05. The first-order chi connectivity index (χ1) is 9.20. The van der Waals surface area contributed by atoms with Gasteiger partial charge < -0.3 is 10.6 Å². The Morgan fingerprint density at radius 2 is 1.95 bits per heavy atom. The SMILES string of the molecule is CCCc1ccc(NC(=O)C2(CNC)CCC2)cc1. The highest BCUT2D eigenvalue weighted by atomic mass is 16.2. The Kier molecular flexibility index (Phi) is 4.59. The van der Waals surface area contributed by atoms with Gasteiger partial charge in [0.25, 0.3) is 0 Å². The third-order valence-corrected chi connectivity index (χ3v) is 4.06. The van der Waals surface area contributed by atoms with E-state index in [1.54, 1.807) is 0 Å². The molecule has 1 aromatic carbocycles. The monoisotopic (exact) mass is 260 g/mol. The minimum Gasteiger partial charge on any atom is -0.326 e. The third kappa shape index (κ3) is 3.16. The van der Waals surface area contributed by atoms with Crippen molar-refractivity contribution in [3.05, 3.63) is 29.8 Å². The molecule has 0 atom stereocenters. The van der Waals surface area contributed by atoms with Crippen molar-refractivity contribution in [3.63, 3.8) is 0 Å². The van der Waals surface area contributed by atoms with E-state index in [0.29, 0.717) is 0 Å². The number of nitrogens with one attached hydrogen (secondary N) is 2. The zero-order valence-electron chi connectivity index (χ0n) is 12.0. The fourth-order valence-corrected chi connectivity index (χ4v) is 2.73.